The second-order valence-electron chi connectivity index (χ2n) is 5.80. The van der Waals surface area contributed by atoms with Gasteiger partial charge in [0.25, 0.3) is 0 Å². The number of hydrogen-bond acceptors (Lipinski definition) is 9. The van der Waals surface area contributed by atoms with Crippen LogP contribution in [0.4, 0.5) is 0 Å². The molecule has 3 atom stereocenters. The highest BCUT2D eigenvalue weighted by Crippen LogP contribution is 2.40. The maximum atomic E-state index is 12.3. The molecule has 0 saturated heterocycles. The van der Waals surface area contributed by atoms with Crippen molar-refractivity contribution in [2.24, 2.45) is 0 Å². The molecule has 3 unspecified atom stereocenters. The first-order valence-corrected chi connectivity index (χ1v) is 7.07. The third-order valence-corrected chi connectivity index (χ3v) is 3.77. The van der Waals surface area contributed by atoms with Crippen LogP contribution in [0.15, 0.2) is 0 Å². The molecule has 138 valence electrons. The number of ether oxygens (including phenoxy) is 4. The van der Waals surface area contributed by atoms with Gasteiger partial charge in [-0.25, -0.2) is 4.79 Å². The first-order chi connectivity index (χ1) is 10.7. The van der Waals surface area contributed by atoms with Crippen LogP contribution in [0.5, 0.6) is 0 Å². The standard InChI is InChI=1S/C15H24O9/c1-9(16)22-8-13(4,20)15(6,24-11(3)18)14(5,12(19)21-7)23-10(2)17/h20H,8H2,1-7H3. The van der Waals surface area contributed by atoms with Gasteiger partial charge in [0.1, 0.15) is 12.2 Å². The molecule has 9 nitrogen and oxygen atoms in total. The number of hydrogen-bond donors (Lipinski definition) is 1. The van der Waals surface area contributed by atoms with Crippen LogP contribution in [0, 0.1) is 0 Å². The fourth-order valence-electron chi connectivity index (χ4n) is 2.20. The van der Waals surface area contributed by atoms with Crippen LogP contribution in [0.3, 0.4) is 0 Å². The quantitative estimate of drug-likeness (QED) is 0.504. The molecule has 0 heterocycles. The van der Waals surface area contributed by atoms with Crippen molar-refractivity contribution in [3.8, 4) is 0 Å². The minimum absolute atomic E-state index is 0.625. The first-order valence-electron chi connectivity index (χ1n) is 7.07. The SMILES string of the molecule is COC(=O)C(C)(OC(C)=O)C(C)(OC(C)=O)C(C)(O)COC(C)=O. The van der Waals surface area contributed by atoms with Gasteiger partial charge in [0.15, 0.2) is 5.60 Å². The van der Waals surface area contributed by atoms with Crippen LogP contribution in [-0.2, 0) is 38.1 Å². The van der Waals surface area contributed by atoms with Gasteiger partial charge in [0.2, 0.25) is 5.60 Å². The minimum atomic E-state index is -2.21. The van der Waals surface area contributed by atoms with Crippen LogP contribution in [0.25, 0.3) is 0 Å². The lowest BCUT2D eigenvalue weighted by atomic mass is 9.73. The maximum Gasteiger partial charge on any atom is 0.354 e. The van der Waals surface area contributed by atoms with Crippen LogP contribution in [0.1, 0.15) is 41.5 Å². The predicted octanol–water partition coefficient (Wildman–Crippen LogP) is 0.117. The van der Waals surface area contributed by atoms with Crippen molar-refractivity contribution in [3.63, 3.8) is 0 Å². The number of carbonyl (C=O) groups excluding carboxylic acids is 4. The Bertz CT molecular complexity index is 525. The summed E-state index contributed by atoms with van der Waals surface area (Å²) < 4.78 is 19.6. The lowest BCUT2D eigenvalue weighted by molar-refractivity contribution is -0.260. The van der Waals surface area contributed by atoms with Crippen molar-refractivity contribution in [2.45, 2.75) is 58.3 Å². The van der Waals surface area contributed by atoms with Gasteiger partial charge in [-0.15, -0.1) is 0 Å². The molecule has 0 rings (SSSR count). The Morgan fingerprint density at radius 1 is 0.875 bits per heavy atom. The molecule has 0 aliphatic rings. The van der Waals surface area contributed by atoms with E-state index in [1.807, 2.05) is 0 Å². The zero-order chi connectivity index (χ0) is 19.3. The Morgan fingerprint density at radius 2 is 1.33 bits per heavy atom. The van der Waals surface area contributed by atoms with Gasteiger partial charge in [0, 0.05) is 20.8 Å². The lowest BCUT2D eigenvalue weighted by Crippen LogP contribution is -2.71. The fraction of sp³-hybridized carbons (Fsp3) is 0.733. The largest absolute Gasteiger partial charge is 0.466 e. The summed E-state index contributed by atoms with van der Waals surface area (Å²) in [4.78, 5) is 46.3. The average molecular weight is 348 g/mol. The first kappa shape index (κ1) is 21.8. The number of methoxy groups -OCH3 is 1. The van der Waals surface area contributed by atoms with Crippen molar-refractivity contribution in [1.29, 1.82) is 0 Å². The maximum absolute atomic E-state index is 12.3. The van der Waals surface area contributed by atoms with Crippen molar-refractivity contribution < 1.29 is 43.2 Å². The fourth-order valence-corrected chi connectivity index (χ4v) is 2.20. The zero-order valence-corrected chi connectivity index (χ0v) is 14.9. The van der Waals surface area contributed by atoms with Gasteiger partial charge in [-0.05, 0) is 20.8 Å². The van der Waals surface area contributed by atoms with E-state index in [1.54, 1.807) is 0 Å². The van der Waals surface area contributed by atoms with Gasteiger partial charge >= 0.3 is 23.9 Å². The van der Waals surface area contributed by atoms with E-state index < -0.39 is 47.3 Å². The molecule has 0 aliphatic heterocycles. The Morgan fingerprint density at radius 3 is 1.67 bits per heavy atom. The highest BCUT2D eigenvalue weighted by atomic mass is 16.6. The van der Waals surface area contributed by atoms with Crippen LogP contribution in [-0.4, -0.2) is 59.5 Å². The van der Waals surface area contributed by atoms with Crippen LogP contribution in [0.2, 0.25) is 0 Å². The van der Waals surface area contributed by atoms with Crippen molar-refractivity contribution in [3.05, 3.63) is 0 Å². The highest BCUT2D eigenvalue weighted by molar-refractivity contribution is 5.85. The van der Waals surface area contributed by atoms with Crippen LogP contribution >= 0.6 is 0 Å². The van der Waals surface area contributed by atoms with E-state index in [-0.39, 0.29) is 0 Å². The highest BCUT2D eigenvalue weighted by Gasteiger charge is 2.66. The summed E-state index contributed by atoms with van der Waals surface area (Å²) in [6.07, 6.45) is 0. The molecule has 0 bridgehead atoms. The summed E-state index contributed by atoms with van der Waals surface area (Å²) in [6, 6.07) is 0. The van der Waals surface area contributed by atoms with E-state index in [9.17, 15) is 24.3 Å². The second kappa shape index (κ2) is 7.61. The number of esters is 4. The molecule has 0 radical (unpaired) electrons. The van der Waals surface area contributed by atoms with E-state index in [2.05, 4.69) is 4.74 Å². The molecule has 0 aromatic rings. The molecule has 0 aliphatic carbocycles. The average Bonchev–Trinajstić information content (AvgIpc) is 2.42. The molecule has 1 N–H and O–H groups in total. The number of aliphatic hydroxyl groups is 1. The van der Waals surface area contributed by atoms with Gasteiger partial charge in [-0.3, -0.25) is 14.4 Å². The van der Waals surface area contributed by atoms with E-state index in [1.165, 1.54) is 13.8 Å². The van der Waals surface area contributed by atoms with E-state index in [0.717, 1.165) is 34.8 Å². The van der Waals surface area contributed by atoms with E-state index in [4.69, 9.17) is 14.2 Å². The molecule has 0 spiro atoms. The molecule has 9 heteroatoms. The van der Waals surface area contributed by atoms with Crippen molar-refractivity contribution >= 4 is 23.9 Å². The summed E-state index contributed by atoms with van der Waals surface area (Å²) >= 11 is 0. The van der Waals surface area contributed by atoms with Gasteiger partial charge in [0.05, 0.1) is 7.11 Å². The number of carbonyl (C=O) groups is 4. The molecule has 0 aromatic heterocycles. The second-order valence-corrected chi connectivity index (χ2v) is 5.80. The molecule has 0 amide bonds. The molecule has 0 fully saturated rings. The third-order valence-electron chi connectivity index (χ3n) is 3.77. The summed E-state index contributed by atoms with van der Waals surface area (Å²) in [5.74, 6) is -3.50. The third kappa shape index (κ3) is 4.44. The van der Waals surface area contributed by atoms with Crippen molar-refractivity contribution in [2.75, 3.05) is 13.7 Å². The molecule has 0 aromatic carbocycles. The minimum Gasteiger partial charge on any atom is -0.466 e. The smallest absolute Gasteiger partial charge is 0.354 e. The zero-order valence-electron chi connectivity index (χ0n) is 14.9. The molecule has 24 heavy (non-hydrogen) atoms. The van der Waals surface area contributed by atoms with Gasteiger partial charge in [-0.1, -0.05) is 0 Å². The summed E-state index contributed by atoms with van der Waals surface area (Å²) in [5.41, 5.74) is -6.42. The Kier molecular flexibility index (Phi) is 6.92. The van der Waals surface area contributed by atoms with E-state index >= 15 is 0 Å². The monoisotopic (exact) mass is 348 g/mol. The Hall–Kier alpha value is -2.16. The van der Waals surface area contributed by atoms with E-state index in [0.29, 0.717) is 0 Å². The summed E-state index contributed by atoms with van der Waals surface area (Å²) in [6.45, 7) is 6.05. The summed E-state index contributed by atoms with van der Waals surface area (Å²) in [7, 11) is 1.04. The predicted molar refractivity (Wildman–Crippen MR) is 79.6 cm³/mol. The van der Waals surface area contributed by atoms with Gasteiger partial charge in [-0.2, -0.15) is 0 Å². The molecular formula is C15H24O9. The lowest BCUT2D eigenvalue weighted by Gasteiger charge is -2.49. The topological polar surface area (TPSA) is 125 Å². The normalized spacial score (nSPS) is 18.2. The van der Waals surface area contributed by atoms with Gasteiger partial charge < -0.3 is 24.1 Å². The summed E-state index contributed by atoms with van der Waals surface area (Å²) in [5, 5.41) is 10.8. The Labute approximate surface area is 140 Å². The molecular weight excluding hydrogens is 324 g/mol. The van der Waals surface area contributed by atoms with Crippen molar-refractivity contribution in [1.82, 2.24) is 0 Å². The Balaban J connectivity index is 6.25. The van der Waals surface area contributed by atoms with Crippen LogP contribution < -0.4 is 0 Å². The molecule has 0 saturated carbocycles. The number of rotatable bonds is 7.